The van der Waals surface area contributed by atoms with Gasteiger partial charge in [0.25, 0.3) is 15.7 Å². The third-order valence-electron chi connectivity index (χ3n) is 6.30. The van der Waals surface area contributed by atoms with E-state index in [1.807, 2.05) is 67.6 Å². The van der Waals surface area contributed by atoms with Gasteiger partial charge in [-0.15, -0.1) is 0 Å². The first-order chi connectivity index (χ1) is 18.7. The van der Waals surface area contributed by atoms with E-state index in [-0.39, 0.29) is 23.7 Å². The lowest BCUT2D eigenvalue weighted by Gasteiger charge is -2.30. The van der Waals surface area contributed by atoms with Crippen LogP contribution in [0.4, 0.5) is 11.4 Å². The van der Waals surface area contributed by atoms with Gasteiger partial charge >= 0.3 is 0 Å². The number of anilines is 1. The number of benzene rings is 4. The summed E-state index contributed by atoms with van der Waals surface area (Å²) in [6.07, 6.45) is -1.02. The number of nitro groups is 1. The quantitative estimate of drug-likeness (QED) is 0.195. The molecule has 1 atom stereocenters. The Morgan fingerprint density at radius 2 is 1.28 bits per heavy atom. The van der Waals surface area contributed by atoms with Crippen molar-refractivity contribution in [2.45, 2.75) is 31.0 Å². The van der Waals surface area contributed by atoms with Gasteiger partial charge in [-0.05, 0) is 42.3 Å². The predicted octanol–water partition coefficient (Wildman–Crippen LogP) is 5.16. The average molecular weight is 546 g/mol. The molecule has 1 N–H and O–H groups in total. The Morgan fingerprint density at radius 1 is 0.769 bits per heavy atom. The fourth-order valence-electron chi connectivity index (χ4n) is 4.34. The number of aliphatic hydroxyl groups is 1. The molecule has 0 aromatic heterocycles. The Labute approximate surface area is 229 Å². The van der Waals surface area contributed by atoms with E-state index in [4.69, 9.17) is 0 Å². The lowest BCUT2D eigenvalue weighted by Crippen LogP contribution is -2.42. The van der Waals surface area contributed by atoms with Crippen molar-refractivity contribution in [3.8, 4) is 0 Å². The summed E-state index contributed by atoms with van der Waals surface area (Å²) in [5.41, 5.74) is 3.32. The molecule has 0 saturated carbocycles. The second kappa shape index (κ2) is 12.7. The molecule has 0 amide bonds. The van der Waals surface area contributed by atoms with Crippen LogP contribution in [0.25, 0.3) is 0 Å². The van der Waals surface area contributed by atoms with Crippen molar-refractivity contribution in [3.63, 3.8) is 0 Å². The smallest absolute Gasteiger partial charge is 0.269 e. The maximum atomic E-state index is 13.7. The van der Waals surface area contributed by atoms with Gasteiger partial charge in [-0.3, -0.25) is 19.3 Å². The number of aliphatic hydroxyl groups excluding tert-OH is 1. The molecule has 0 aliphatic rings. The van der Waals surface area contributed by atoms with Crippen LogP contribution in [0.1, 0.15) is 16.7 Å². The third kappa shape index (κ3) is 7.51. The summed E-state index contributed by atoms with van der Waals surface area (Å²) in [6.45, 7) is 3.09. The first-order valence-corrected chi connectivity index (χ1v) is 14.0. The fourth-order valence-corrected chi connectivity index (χ4v) is 5.84. The van der Waals surface area contributed by atoms with Crippen molar-refractivity contribution < 1.29 is 18.4 Å². The van der Waals surface area contributed by atoms with E-state index in [0.717, 1.165) is 28.8 Å². The largest absolute Gasteiger partial charge is 0.390 e. The number of rotatable bonds is 12. The van der Waals surface area contributed by atoms with Gasteiger partial charge in [0.2, 0.25) is 0 Å². The van der Waals surface area contributed by atoms with Crippen LogP contribution in [0.15, 0.2) is 114 Å². The molecule has 0 heterocycles. The fraction of sp³-hybridized carbons (Fsp3) is 0.200. The van der Waals surface area contributed by atoms with Crippen LogP contribution in [0.5, 0.6) is 0 Å². The molecule has 0 fully saturated rings. The highest BCUT2D eigenvalue weighted by atomic mass is 32.2. The molecule has 0 aliphatic carbocycles. The molecule has 202 valence electrons. The van der Waals surface area contributed by atoms with Gasteiger partial charge in [0.05, 0.1) is 28.2 Å². The van der Waals surface area contributed by atoms with Gasteiger partial charge in [-0.1, -0.05) is 78.4 Å². The second-order valence-electron chi connectivity index (χ2n) is 9.42. The molecule has 0 spiro atoms. The zero-order valence-electron chi connectivity index (χ0n) is 21.6. The Bertz CT molecular complexity index is 1420. The molecular formula is C30H31N3O5S. The molecule has 0 aliphatic heterocycles. The highest BCUT2D eigenvalue weighted by Crippen LogP contribution is 2.26. The minimum Gasteiger partial charge on any atom is -0.390 e. The van der Waals surface area contributed by atoms with E-state index in [0.29, 0.717) is 18.8 Å². The molecule has 0 bridgehead atoms. The first-order valence-electron chi connectivity index (χ1n) is 12.5. The van der Waals surface area contributed by atoms with E-state index in [9.17, 15) is 23.6 Å². The maximum Gasteiger partial charge on any atom is 0.269 e. The number of nitro benzene ring substituents is 1. The molecule has 9 heteroatoms. The van der Waals surface area contributed by atoms with Crippen LogP contribution < -0.4 is 4.31 Å². The molecule has 0 saturated heterocycles. The third-order valence-corrected chi connectivity index (χ3v) is 8.11. The van der Waals surface area contributed by atoms with E-state index in [1.54, 1.807) is 24.3 Å². The lowest BCUT2D eigenvalue weighted by atomic mass is 10.1. The van der Waals surface area contributed by atoms with Crippen LogP contribution in [-0.2, 0) is 23.1 Å². The highest BCUT2D eigenvalue weighted by Gasteiger charge is 2.28. The van der Waals surface area contributed by atoms with Gasteiger partial charge in [-0.25, -0.2) is 8.42 Å². The summed E-state index contributed by atoms with van der Waals surface area (Å²) < 4.78 is 28.6. The summed E-state index contributed by atoms with van der Waals surface area (Å²) in [7, 11) is -4.13. The van der Waals surface area contributed by atoms with Crippen LogP contribution in [0.2, 0.25) is 0 Å². The number of non-ortho nitro benzene ring substituents is 1. The summed E-state index contributed by atoms with van der Waals surface area (Å²) >= 11 is 0. The van der Waals surface area contributed by atoms with Crippen molar-refractivity contribution >= 4 is 21.4 Å². The Balaban J connectivity index is 1.60. The number of hydrogen-bond donors (Lipinski definition) is 1. The molecule has 39 heavy (non-hydrogen) atoms. The summed E-state index contributed by atoms with van der Waals surface area (Å²) in [5.74, 6) is 0. The number of hydrogen-bond acceptors (Lipinski definition) is 6. The standard InChI is InChI=1S/C30H31N3O5S/c1-24-12-14-27(15-13-24)32(39(37,38)30-18-16-28(17-19-30)33(35)36)23-29(34)22-31(20-25-8-4-2-5-9-25)21-26-10-6-3-7-11-26/h2-19,29,34H,20-23H2,1H3. The van der Waals surface area contributed by atoms with Gasteiger partial charge in [0, 0.05) is 31.8 Å². The topological polar surface area (TPSA) is 104 Å². The van der Waals surface area contributed by atoms with Gasteiger partial charge < -0.3 is 5.11 Å². The maximum absolute atomic E-state index is 13.7. The SMILES string of the molecule is Cc1ccc(N(CC(O)CN(Cc2ccccc2)Cc2ccccc2)S(=O)(=O)c2ccc([N+](=O)[O-])cc2)cc1. The van der Waals surface area contributed by atoms with Crippen LogP contribution in [0, 0.1) is 17.0 Å². The summed E-state index contributed by atoms with van der Waals surface area (Å²) in [6, 6.07) is 31.6. The van der Waals surface area contributed by atoms with E-state index in [2.05, 4.69) is 4.90 Å². The molecular weight excluding hydrogens is 514 g/mol. The van der Waals surface area contributed by atoms with Crippen molar-refractivity contribution in [1.29, 1.82) is 0 Å². The lowest BCUT2D eigenvalue weighted by molar-refractivity contribution is -0.384. The molecule has 4 aromatic carbocycles. The average Bonchev–Trinajstić information content (AvgIpc) is 2.93. The Kier molecular flexibility index (Phi) is 9.08. The van der Waals surface area contributed by atoms with Gasteiger partial charge in [0.15, 0.2) is 0 Å². The van der Waals surface area contributed by atoms with E-state index >= 15 is 0 Å². The summed E-state index contributed by atoms with van der Waals surface area (Å²) in [5, 5.41) is 22.3. The Morgan fingerprint density at radius 3 is 1.77 bits per heavy atom. The second-order valence-corrected chi connectivity index (χ2v) is 11.3. The highest BCUT2D eigenvalue weighted by molar-refractivity contribution is 7.92. The number of aryl methyl sites for hydroxylation is 1. The molecule has 8 nitrogen and oxygen atoms in total. The van der Waals surface area contributed by atoms with Gasteiger partial charge in [-0.2, -0.15) is 0 Å². The Hall–Kier alpha value is -4.05. The van der Waals surface area contributed by atoms with Crippen molar-refractivity contribution in [2.75, 3.05) is 17.4 Å². The minimum atomic E-state index is -4.13. The number of sulfonamides is 1. The van der Waals surface area contributed by atoms with Crippen LogP contribution in [-0.4, -0.2) is 42.5 Å². The zero-order valence-corrected chi connectivity index (χ0v) is 22.4. The van der Waals surface area contributed by atoms with Gasteiger partial charge in [0.1, 0.15) is 0 Å². The van der Waals surface area contributed by atoms with Crippen LogP contribution >= 0.6 is 0 Å². The normalized spacial score (nSPS) is 12.3. The molecule has 4 rings (SSSR count). The molecule has 4 aromatic rings. The van der Waals surface area contributed by atoms with Crippen molar-refractivity contribution in [1.82, 2.24) is 4.90 Å². The van der Waals surface area contributed by atoms with Crippen molar-refractivity contribution in [2.24, 2.45) is 0 Å². The molecule has 1 unspecified atom stereocenters. The van der Waals surface area contributed by atoms with E-state index < -0.39 is 21.1 Å². The monoisotopic (exact) mass is 545 g/mol. The summed E-state index contributed by atoms with van der Waals surface area (Å²) in [4.78, 5) is 12.5. The van der Waals surface area contributed by atoms with E-state index in [1.165, 1.54) is 16.4 Å². The molecule has 0 radical (unpaired) electrons. The number of nitrogens with zero attached hydrogens (tertiary/aromatic N) is 3. The minimum absolute atomic E-state index is 0.0914. The van der Waals surface area contributed by atoms with Crippen LogP contribution in [0.3, 0.4) is 0 Å². The predicted molar refractivity (Wildman–Crippen MR) is 152 cm³/mol. The van der Waals surface area contributed by atoms with Crippen molar-refractivity contribution in [3.05, 3.63) is 136 Å². The first kappa shape index (κ1) is 28.0. The zero-order chi connectivity index (χ0) is 27.8.